The van der Waals surface area contributed by atoms with E-state index in [1.807, 2.05) is 6.92 Å². The van der Waals surface area contributed by atoms with E-state index >= 15 is 0 Å². The number of aliphatic hydroxyl groups excluding tert-OH is 1. The maximum absolute atomic E-state index is 8.71. The average Bonchev–Trinajstić information content (AvgIpc) is 2.64. The van der Waals surface area contributed by atoms with Crippen molar-refractivity contribution in [2.75, 3.05) is 18.5 Å². The van der Waals surface area contributed by atoms with Crippen molar-refractivity contribution in [1.29, 1.82) is 0 Å². The predicted octanol–water partition coefficient (Wildman–Crippen LogP) is 2.84. The van der Waals surface area contributed by atoms with Crippen molar-refractivity contribution in [3.05, 3.63) is 16.2 Å². The monoisotopic (exact) mass is 271 g/mol. The fourth-order valence-electron chi connectivity index (χ4n) is 1.59. The van der Waals surface area contributed by atoms with E-state index < -0.39 is 0 Å². The first-order valence-electron chi connectivity index (χ1n) is 5.49. The van der Waals surface area contributed by atoms with Crippen LogP contribution in [0.4, 0.5) is 5.82 Å². The Balaban J connectivity index is 2.19. The minimum Gasteiger partial charge on any atom is -0.396 e. The highest BCUT2D eigenvalue weighted by atomic mass is 35.5. The number of hydrogen-bond acceptors (Lipinski definition) is 5. The van der Waals surface area contributed by atoms with Crippen molar-refractivity contribution in [3.63, 3.8) is 0 Å². The van der Waals surface area contributed by atoms with Crippen LogP contribution < -0.4 is 5.32 Å². The van der Waals surface area contributed by atoms with Gasteiger partial charge in [0, 0.05) is 18.0 Å². The largest absolute Gasteiger partial charge is 0.396 e. The molecule has 17 heavy (non-hydrogen) atoms. The van der Waals surface area contributed by atoms with Crippen molar-refractivity contribution < 1.29 is 5.11 Å². The first kappa shape index (κ1) is 12.5. The van der Waals surface area contributed by atoms with Gasteiger partial charge in [-0.15, -0.1) is 11.3 Å². The van der Waals surface area contributed by atoms with E-state index in [-0.39, 0.29) is 11.9 Å². The second kappa shape index (κ2) is 5.62. The normalized spacial score (nSPS) is 11.0. The molecule has 0 radical (unpaired) electrons. The van der Waals surface area contributed by atoms with Crippen LogP contribution in [0.1, 0.15) is 17.7 Å². The zero-order valence-electron chi connectivity index (χ0n) is 9.53. The Morgan fingerprint density at radius 2 is 2.24 bits per heavy atom. The Morgan fingerprint density at radius 3 is 3.00 bits per heavy atom. The molecule has 2 N–H and O–H groups in total. The number of rotatable bonds is 5. The Bertz CT molecular complexity index is 515. The van der Waals surface area contributed by atoms with E-state index in [2.05, 4.69) is 21.4 Å². The fourth-order valence-corrected chi connectivity index (χ4v) is 2.69. The molecular weight excluding hydrogens is 258 g/mol. The Morgan fingerprint density at radius 1 is 1.41 bits per heavy atom. The lowest BCUT2D eigenvalue weighted by molar-refractivity contribution is 0.286. The van der Waals surface area contributed by atoms with E-state index in [0.29, 0.717) is 0 Å². The lowest BCUT2D eigenvalue weighted by atomic mass is 10.3. The molecule has 0 fully saturated rings. The highest BCUT2D eigenvalue weighted by Gasteiger charge is 2.08. The fraction of sp³-hybridized carbons (Fsp3) is 0.455. The molecule has 0 aliphatic rings. The Kier molecular flexibility index (Phi) is 4.15. The zero-order chi connectivity index (χ0) is 12.3. The van der Waals surface area contributed by atoms with Crippen LogP contribution in [0, 0.1) is 6.92 Å². The minimum absolute atomic E-state index is 0.221. The van der Waals surface area contributed by atoms with E-state index in [0.717, 1.165) is 35.4 Å². The van der Waals surface area contributed by atoms with Gasteiger partial charge in [-0.25, -0.2) is 9.97 Å². The molecule has 6 heteroatoms. The second-order valence-corrected chi connectivity index (χ2v) is 5.35. The maximum Gasteiger partial charge on any atom is 0.225 e. The van der Waals surface area contributed by atoms with Crippen molar-refractivity contribution in [2.45, 2.75) is 19.8 Å². The summed E-state index contributed by atoms with van der Waals surface area (Å²) in [5, 5.41) is 13.2. The van der Waals surface area contributed by atoms with Gasteiger partial charge in [-0.1, -0.05) is 0 Å². The molecule has 0 unspecified atom stereocenters. The van der Waals surface area contributed by atoms with Crippen LogP contribution in [0.2, 0.25) is 5.28 Å². The van der Waals surface area contributed by atoms with Gasteiger partial charge in [0.05, 0.1) is 5.39 Å². The third kappa shape index (κ3) is 3.06. The van der Waals surface area contributed by atoms with Gasteiger partial charge in [-0.3, -0.25) is 0 Å². The van der Waals surface area contributed by atoms with Gasteiger partial charge in [0.2, 0.25) is 5.28 Å². The van der Waals surface area contributed by atoms with E-state index in [1.165, 1.54) is 4.88 Å². The number of nitrogens with zero attached hydrogens (tertiary/aromatic N) is 2. The lowest BCUT2D eigenvalue weighted by Crippen LogP contribution is -2.05. The number of aliphatic hydroxyl groups is 1. The molecule has 0 spiro atoms. The van der Waals surface area contributed by atoms with E-state index in [9.17, 15) is 0 Å². The zero-order valence-corrected chi connectivity index (χ0v) is 11.1. The molecule has 0 amide bonds. The smallest absolute Gasteiger partial charge is 0.225 e. The second-order valence-electron chi connectivity index (χ2n) is 3.77. The number of anilines is 1. The summed E-state index contributed by atoms with van der Waals surface area (Å²) in [6.07, 6.45) is 1.69. The maximum atomic E-state index is 8.71. The number of aryl methyl sites for hydroxylation is 1. The SMILES string of the molecule is Cc1cc2c(NCCCCO)nc(Cl)nc2s1. The van der Waals surface area contributed by atoms with Gasteiger partial charge in [-0.05, 0) is 37.4 Å². The van der Waals surface area contributed by atoms with E-state index in [1.54, 1.807) is 11.3 Å². The van der Waals surface area contributed by atoms with Crippen LogP contribution in [0.5, 0.6) is 0 Å². The number of hydrogen-bond donors (Lipinski definition) is 2. The molecule has 0 aromatic carbocycles. The van der Waals surface area contributed by atoms with Gasteiger partial charge in [0.15, 0.2) is 0 Å². The minimum atomic E-state index is 0.221. The van der Waals surface area contributed by atoms with Crippen LogP contribution in [0.25, 0.3) is 10.2 Å². The predicted molar refractivity (Wildman–Crippen MR) is 72.0 cm³/mol. The number of halogens is 1. The van der Waals surface area contributed by atoms with Crippen molar-refractivity contribution in [1.82, 2.24) is 9.97 Å². The van der Waals surface area contributed by atoms with Gasteiger partial charge in [0.1, 0.15) is 10.6 Å². The van der Waals surface area contributed by atoms with Gasteiger partial charge < -0.3 is 10.4 Å². The molecular formula is C11H14ClN3OS. The Hall–Kier alpha value is -0.910. The van der Waals surface area contributed by atoms with Gasteiger partial charge >= 0.3 is 0 Å². The van der Waals surface area contributed by atoms with Crippen LogP contribution in [0.15, 0.2) is 6.07 Å². The number of fused-ring (bicyclic) bond motifs is 1. The summed E-state index contributed by atoms with van der Waals surface area (Å²) in [4.78, 5) is 10.5. The molecule has 0 bridgehead atoms. The molecule has 2 aromatic rings. The first-order chi connectivity index (χ1) is 8.20. The van der Waals surface area contributed by atoms with Gasteiger partial charge in [-0.2, -0.15) is 0 Å². The summed E-state index contributed by atoms with van der Waals surface area (Å²) in [7, 11) is 0. The summed E-state index contributed by atoms with van der Waals surface area (Å²) in [5.41, 5.74) is 0. The number of nitrogens with one attached hydrogen (secondary N) is 1. The molecule has 0 aliphatic heterocycles. The van der Waals surface area contributed by atoms with Crippen LogP contribution in [0.3, 0.4) is 0 Å². The average molecular weight is 272 g/mol. The summed E-state index contributed by atoms with van der Waals surface area (Å²) in [6.45, 7) is 3.03. The highest BCUT2D eigenvalue weighted by molar-refractivity contribution is 7.18. The van der Waals surface area contributed by atoms with Gasteiger partial charge in [0.25, 0.3) is 0 Å². The highest BCUT2D eigenvalue weighted by Crippen LogP contribution is 2.29. The molecule has 0 aliphatic carbocycles. The third-order valence-electron chi connectivity index (χ3n) is 2.37. The summed E-state index contributed by atoms with van der Waals surface area (Å²) >= 11 is 7.49. The van der Waals surface area contributed by atoms with Crippen molar-refractivity contribution >= 4 is 39.0 Å². The molecule has 92 valence electrons. The van der Waals surface area contributed by atoms with Crippen molar-refractivity contribution in [3.8, 4) is 0 Å². The molecule has 2 rings (SSSR count). The van der Waals surface area contributed by atoms with Crippen molar-refractivity contribution in [2.24, 2.45) is 0 Å². The van der Waals surface area contributed by atoms with Crippen LogP contribution in [-0.4, -0.2) is 28.2 Å². The number of unbranched alkanes of at least 4 members (excludes halogenated alkanes) is 1. The molecule has 0 saturated carbocycles. The summed E-state index contributed by atoms with van der Waals surface area (Å²) < 4.78 is 0. The number of aromatic nitrogens is 2. The molecule has 4 nitrogen and oxygen atoms in total. The summed E-state index contributed by atoms with van der Waals surface area (Å²) in [5.74, 6) is 0.780. The third-order valence-corrected chi connectivity index (χ3v) is 3.48. The topological polar surface area (TPSA) is 58.0 Å². The lowest BCUT2D eigenvalue weighted by Gasteiger charge is -2.06. The standard InChI is InChI=1S/C11H14ClN3OS/c1-7-6-8-9(13-4-2-3-5-16)14-11(12)15-10(8)17-7/h6,16H,2-5H2,1H3,(H,13,14,15). The molecule has 0 atom stereocenters. The molecule has 2 aromatic heterocycles. The quantitative estimate of drug-likeness (QED) is 0.649. The molecule has 0 saturated heterocycles. The molecule has 2 heterocycles. The summed E-state index contributed by atoms with van der Waals surface area (Å²) in [6, 6.07) is 2.06. The van der Waals surface area contributed by atoms with Crippen LogP contribution in [-0.2, 0) is 0 Å². The number of thiophene rings is 1. The first-order valence-corrected chi connectivity index (χ1v) is 6.68. The van der Waals surface area contributed by atoms with Crippen LogP contribution >= 0.6 is 22.9 Å². The van der Waals surface area contributed by atoms with E-state index in [4.69, 9.17) is 16.7 Å². The Labute approximate surface area is 109 Å².